The summed E-state index contributed by atoms with van der Waals surface area (Å²) in [5.74, 6) is -0.197. The Bertz CT molecular complexity index is 569. The molecule has 0 aromatic heterocycles. The van der Waals surface area contributed by atoms with Crippen molar-refractivity contribution in [2.75, 3.05) is 11.9 Å². The van der Waals surface area contributed by atoms with Crippen molar-refractivity contribution in [2.45, 2.75) is 19.4 Å². The van der Waals surface area contributed by atoms with Gasteiger partial charge in [0.05, 0.1) is 0 Å². The third-order valence-electron chi connectivity index (χ3n) is 3.13. The van der Waals surface area contributed by atoms with Gasteiger partial charge < -0.3 is 20.6 Å². The Morgan fingerprint density at radius 1 is 1.00 bits per heavy atom. The molecule has 20 heavy (non-hydrogen) atoms. The number of anilines is 1. The highest BCUT2D eigenvalue weighted by atomic mass is 16.3. The Morgan fingerprint density at radius 2 is 1.80 bits per heavy atom. The molecule has 0 saturated carbocycles. The topological polar surface area (TPSA) is 72.7 Å². The smallest absolute Gasteiger partial charge is 0.162 e. The molecule has 0 unspecified atom stereocenters. The minimum Gasteiger partial charge on any atom is -0.504 e. The second kappa shape index (κ2) is 6.82. The Morgan fingerprint density at radius 3 is 2.60 bits per heavy atom. The molecule has 4 nitrogen and oxygen atoms in total. The van der Waals surface area contributed by atoms with E-state index in [0.29, 0.717) is 12.1 Å². The standard InChI is InChI=1S/C16H19NO3/c18-9-3-5-12-4-1-7-14(10-12)17-11-13-6-2-8-15(19)16(13)20/h1-2,4,6-8,10,17-20H,3,5,9,11H2. The van der Waals surface area contributed by atoms with Gasteiger partial charge in [-0.2, -0.15) is 0 Å². The summed E-state index contributed by atoms with van der Waals surface area (Å²) in [7, 11) is 0. The van der Waals surface area contributed by atoms with Crippen LogP contribution in [0.4, 0.5) is 5.69 Å². The van der Waals surface area contributed by atoms with Gasteiger partial charge in [0.25, 0.3) is 0 Å². The Balaban J connectivity index is 2.01. The van der Waals surface area contributed by atoms with Crippen LogP contribution < -0.4 is 5.32 Å². The zero-order valence-electron chi connectivity index (χ0n) is 11.2. The zero-order valence-corrected chi connectivity index (χ0v) is 11.2. The maximum Gasteiger partial charge on any atom is 0.162 e. The van der Waals surface area contributed by atoms with Crippen LogP contribution in [0.3, 0.4) is 0 Å². The number of nitrogens with one attached hydrogen (secondary N) is 1. The lowest BCUT2D eigenvalue weighted by Gasteiger charge is -2.10. The van der Waals surface area contributed by atoms with Gasteiger partial charge in [0, 0.05) is 24.4 Å². The quantitative estimate of drug-likeness (QED) is 0.611. The molecule has 0 aliphatic heterocycles. The number of hydrogen-bond acceptors (Lipinski definition) is 4. The summed E-state index contributed by atoms with van der Waals surface area (Å²) >= 11 is 0. The van der Waals surface area contributed by atoms with E-state index in [2.05, 4.69) is 5.32 Å². The van der Waals surface area contributed by atoms with Gasteiger partial charge in [-0.15, -0.1) is 0 Å². The molecule has 0 aliphatic rings. The van der Waals surface area contributed by atoms with Gasteiger partial charge >= 0.3 is 0 Å². The highest BCUT2D eigenvalue weighted by molar-refractivity contribution is 5.49. The minimum atomic E-state index is -0.110. The molecule has 4 heteroatoms. The third-order valence-corrected chi connectivity index (χ3v) is 3.13. The van der Waals surface area contributed by atoms with Crippen molar-refractivity contribution in [1.29, 1.82) is 0 Å². The highest BCUT2D eigenvalue weighted by Gasteiger charge is 2.05. The van der Waals surface area contributed by atoms with Crippen molar-refractivity contribution in [1.82, 2.24) is 0 Å². The summed E-state index contributed by atoms with van der Waals surface area (Å²) < 4.78 is 0. The third kappa shape index (κ3) is 3.65. The molecule has 0 spiro atoms. The number of hydrogen-bond donors (Lipinski definition) is 4. The monoisotopic (exact) mass is 273 g/mol. The van der Waals surface area contributed by atoms with Gasteiger partial charge in [0.1, 0.15) is 0 Å². The van der Waals surface area contributed by atoms with E-state index in [1.165, 1.54) is 6.07 Å². The fourth-order valence-electron chi connectivity index (χ4n) is 2.04. The summed E-state index contributed by atoms with van der Waals surface area (Å²) in [6, 6.07) is 12.9. The number of aliphatic hydroxyl groups is 1. The van der Waals surface area contributed by atoms with Crippen LogP contribution in [0.2, 0.25) is 0 Å². The van der Waals surface area contributed by atoms with Crippen LogP contribution in [0.5, 0.6) is 11.5 Å². The lowest BCUT2D eigenvalue weighted by Crippen LogP contribution is -2.00. The number of aliphatic hydroxyl groups excluding tert-OH is 1. The maximum atomic E-state index is 9.73. The van der Waals surface area contributed by atoms with Crippen LogP contribution in [0.1, 0.15) is 17.5 Å². The zero-order chi connectivity index (χ0) is 14.4. The molecule has 0 saturated heterocycles. The number of para-hydroxylation sites is 1. The Hall–Kier alpha value is -2.20. The molecule has 0 amide bonds. The second-order valence-corrected chi connectivity index (χ2v) is 4.67. The van der Waals surface area contributed by atoms with Gasteiger partial charge in [-0.05, 0) is 36.6 Å². The van der Waals surface area contributed by atoms with Gasteiger partial charge in [-0.1, -0.05) is 24.3 Å². The predicted molar refractivity (Wildman–Crippen MR) is 78.9 cm³/mol. The molecule has 0 aliphatic carbocycles. The van der Waals surface area contributed by atoms with Crippen molar-refractivity contribution in [3.05, 3.63) is 53.6 Å². The van der Waals surface area contributed by atoms with E-state index in [9.17, 15) is 10.2 Å². The predicted octanol–water partition coefficient (Wildman–Crippen LogP) is 2.63. The van der Waals surface area contributed by atoms with Crippen molar-refractivity contribution < 1.29 is 15.3 Å². The van der Waals surface area contributed by atoms with Crippen LogP contribution in [-0.2, 0) is 13.0 Å². The summed E-state index contributed by atoms with van der Waals surface area (Å²) in [4.78, 5) is 0. The fourth-order valence-corrected chi connectivity index (χ4v) is 2.04. The number of phenols is 2. The highest BCUT2D eigenvalue weighted by Crippen LogP contribution is 2.28. The van der Waals surface area contributed by atoms with E-state index in [0.717, 1.165) is 24.1 Å². The SMILES string of the molecule is OCCCc1cccc(NCc2cccc(O)c2O)c1. The van der Waals surface area contributed by atoms with E-state index in [-0.39, 0.29) is 18.1 Å². The van der Waals surface area contributed by atoms with Crippen LogP contribution in [-0.4, -0.2) is 21.9 Å². The number of benzene rings is 2. The summed E-state index contributed by atoms with van der Waals surface area (Å²) in [6.45, 7) is 0.624. The minimum absolute atomic E-state index is 0.0866. The average molecular weight is 273 g/mol. The average Bonchev–Trinajstić information content (AvgIpc) is 2.47. The van der Waals surface area contributed by atoms with Crippen LogP contribution in [0.15, 0.2) is 42.5 Å². The van der Waals surface area contributed by atoms with E-state index < -0.39 is 0 Å². The second-order valence-electron chi connectivity index (χ2n) is 4.67. The van der Waals surface area contributed by atoms with Crippen molar-refractivity contribution in [3.8, 4) is 11.5 Å². The van der Waals surface area contributed by atoms with Gasteiger partial charge in [0.15, 0.2) is 11.5 Å². The van der Waals surface area contributed by atoms with Gasteiger partial charge in [-0.3, -0.25) is 0 Å². The normalized spacial score (nSPS) is 10.4. The molecule has 2 aromatic carbocycles. The molecule has 0 radical (unpaired) electrons. The number of aromatic hydroxyl groups is 2. The molecule has 0 heterocycles. The summed E-state index contributed by atoms with van der Waals surface area (Å²) in [5.41, 5.74) is 2.75. The number of aryl methyl sites for hydroxylation is 1. The molecule has 4 N–H and O–H groups in total. The summed E-state index contributed by atoms with van der Waals surface area (Å²) in [6.07, 6.45) is 1.58. The van der Waals surface area contributed by atoms with Crippen LogP contribution in [0.25, 0.3) is 0 Å². The Kier molecular flexibility index (Phi) is 4.85. The maximum absolute atomic E-state index is 9.73. The van der Waals surface area contributed by atoms with Gasteiger partial charge in [-0.25, -0.2) is 0 Å². The molecule has 106 valence electrons. The van der Waals surface area contributed by atoms with Crippen LogP contribution in [0, 0.1) is 0 Å². The first-order valence-corrected chi connectivity index (χ1v) is 6.64. The molecule has 2 aromatic rings. The summed E-state index contributed by atoms with van der Waals surface area (Å²) in [5, 5.41) is 31.2. The molecular weight excluding hydrogens is 254 g/mol. The molecule has 0 fully saturated rings. The number of rotatable bonds is 6. The van der Waals surface area contributed by atoms with E-state index in [1.54, 1.807) is 12.1 Å². The molecule has 0 bridgehead atoms. The Labute approximate surface area is 118 Å². The lowest BCUT2D eigenvalue weighted by atomic mass is 10.1. The lowest BCUT2D eigenvalue weighted by molar-refractivity contribution is 0.288. The first kappa shape index (κ1) is 14.2. The van der Waals surface area contributed by atoms with E-state index in [1.807, 2.05) is 24.3 Å². The first-order valence-electron chi connectivity index (χ1n) is 6.64. The van der Waals surface area contributed by atoms with E-state index >= 15 is 0 Å². The molecule has 0 atom stereocenters. The molecule has 2 rings (SSSR count). The van der Waals surface area contributed by atoms with Crippen molar-refractivity contribution in [2.24, 2.45) is 0 Å². The van der Waals surface area contributed by atoms with Crippen LogP contribution >= 0.6 is 0 Å². The van der Waals surface area contributed by atoms with Crippen molar-refractivity contribution in [3.63, 3.8) is 0 Å². The largest absolute Gasteiger partial charge is 0.504 e. The van der Waals surface area contributed by atoms with Gasteiger partial charge in [0.2, 0.25) is 0 Å². The van der Waals surface area contributed by atoms with E-state index in [4.69, 9.17) is 5.11 Å². The number of phenolic OH excluding ortho intramolecular Hbond substituents is 2. The first-order chi connectivity index (χ1) is 9.70. The van der Waals surface area contributed by atoms with Crippen molar-refractivity contribution >= 4 is 5.69 Å². The fraction of sp³-hybridized carbons (Fsp3) is 0.250. The molecular formula is C16H19NO3.